The number of aliphatic imine (C=N–C) groups is 1. The molecule has 0 saturated heterocycles. The zero-order valence-electron chi connectivity index (χ0n) is 17.5. The Kier molecular flexibility index (Phi) is 9.29. The molecule has 2 amide bonds. The van der Waals surface area contributed by atoms with Gasteiger partial charge in [-0.2, -0.15) is 0 Å². The van der Waals surface area contributed by atoms with Crippen molar-refractivity contribution in [2.45, 2.75) is 33.2 Å². The number of nitrogens with one attached hydrogen (secondary N) is 2. The summed E-state index contributed by atoms with van der Waals surface area (Å²) in [6.45, 7) is 6.67. The zero-order chi connectivity index (χ0) is 20.6. The van der Waals surface area contributed by atoms with E-state index in [0.717, 1.165) is 31.9 Å². The Balaban J connectivity index is 0.00000320. The Hall–Kier alpha value is -2.42. The number of imide groups is 1. The van der Waals surface area contributed by atoms with E-state index in [9.17, 15) is 9.59 Å². The smallest absolute Gasteiger partial charge is 0.261 e. The number of hydrogen-bond donors (Lipinski definition) is 2. The summed E-state index contributed by atoms with van der Waals surface area (Å²) in [6.07, 6.45) is 1.58. The van der Waals surface area contributed by atoms with Gasteiger partial charge in [-0.25, -0.2) is 4.99 Å². The van der Waals surface area contributed by atoms with Crippen LogP contribution >= 0.6 is 24.0 Å². The maximum atomic E-state index is 12.4. The molecule has 2 N–H and O–H groups in total. The van der Waals surface area contributed by atoms with Crippen molar-refractivity contribution in [1.82, 2.24) is 15.5 Å². The van der Waals surface area contributed by atoms with Gasteiger partial charge in [0.2, 0.25) is 0 Å². The normalized spacial score (nSPS) is 13.1. The van der Waals surface area contributed by atoms with Gasteiger partial charge in [0.1, 0.15) is 0 Å². The monoisotopic (exact) mass is 520 g/mol. The molecule has 30 heavy (non-hydrogen) atoms. The molecule has 1 heterocycles. The first-order valence-electron chi connectivity index (χ1n) is 10.1. The molecule has 0 aliphatic carbocycles. The predicted octanol–water partition coefficient (Wildman–Crippen LogP) is 3.74. The second-order valence-corrected chi connectivity index (χ2v) is 7.12. The molecule has 0 atom stereocenters. The Morgan fingerprint density at radius 3 is 2.17 bits per heavy atom. The number of amides is 2. The number of fused-ring (bicyclic) bond motifs is 1. The molecule has 7 heteroatoms. The van der Waals surface area contributed by atoms with Gasteiger partial charge in [0.15, 0.2) is 5.96 Å². The van der Waals surface area contributed by atoms with E-state index in [1.54, 1.807) is 24.3 Å². The van der Waals surface area contributed by atoms with Gasteiger partial charge < -0.3 is 10.6 Å². The highest BCUT2D eigenvalue weighted by Gasteiger charge is 2.34. The number of rotatable bonds is 8. The first-order valence-corrected chi connectivity index (χ1v) is 10.1. The van der Waals surface area contributed by atoms with Crippen LogP contribution in [-0.4, -0.2) is 42.3 Å². The fourth-order valence-electron chi connectivity index (χ4n) is 3.25. The summed E-state index contributed by atoms with van der Waals surface area (Å²) >= 11 is 0. The second kappa shape index (κ2) is 11.7. The van der Waals surface area contributed by atoms with Gasteiger partial charge in [-0.1, -0.05) is 42.0 Å². The number of carbonyl (C=O) groups is 2. The van der Waals surface area contributed by atoms with E-state index < -0.39 is 0 Å². The van der Waals surface area contributed by atoms with Gasteiger partial charge in [-0.3, -0.25) is 14.5 Å². The van der Waals surface area contributed by atoms with Crippen LogP contribution in [0.25, 0.3) is 0 Å². The van der Waals surface area contributed by atoms with E-state index in [1.807, 2.05) is 6.92 Å². The summed E-state index contributed by atoms with van der Waals surface area (Å²) in [6, 6.07) is 15.4. The molecule has 2 aromatic rings. The van der Waals surface area contributed by atoms with Gasteiger partial charge in [-0.15, -0.1) is 24.0 Å². The summed E-state index contributed by atoms with van der Waals surface area (Å²) in [7, 11) is 0. The third-order valence-corrected chi connectivity index (χ3v) is 4.86. The highest BCUT2D eigenvalue weighted by molar-refractivity contribution is 14.0. The second-order valence-electron chi connectivity index (χ2n) is 7.12. The van der Waals surface area contributed by atoms with Crippen molar-refractivity contribution in [3.8, 4) is 0 Å². The van der Waals surface area contributed by atoms with Gasteiger partial charge in [0.05, 0.1) is 17.7 Å². The van der Waals surface area contributed by atoms with Gasteiger partial charge in [0.25, 0.3) is 11.8 Å². The van der Waals surface area contributed by atoms with Crippen molar-refractivity contribution in [2.75, 3.05) is 19.6 Å². The maximum Gasteiger partial charge on any atom is 0.261 e. The molecular formula is C23H29IN4O2. The molecule has 0 bridgehead atoms. The molecule has 0 fully saturated rings. The van der Waals surface area contributed by atoms with Crippen LogP contribution in [0.1, 0.15) is 51.6 Å². The van der Waals surface area contributed by atoms with E-state index in [0.29, 0.717) is 24.2 Å². The number of guanidine groups is 1. The summed E-state index contributed by atoms with van der Waals surface area (Å²) in [5.41, 5.74) is 3.42. The van der Waals surface area contributed by atoms with E-state index >= 15 is 0 Å². The number of hydrogen-bond acceptors (Lipinski definition) is 3. The average molecular weight is 520 g/mol. The quantitative estimate of drug-likeness (QED) is 0.183. The maximum absolute atomic E-state index is 12.4. The molecular weight excluding hydrogens is 491 g/mol. The highest BCUT2D eigenvalue weighted by atomic mass is 127. The first-order chi connectivity index (χ1) is 14.1. The van der Waals surface area contributed by atoms with E-state index in [-0.39, 0.29) is 35.8 Å². The number of aryl methyl sites for hydroxylation is 1. The van der Waals surface area contributed by atoms with Crippen molar-refractivity contribution >= 4 is 41.8 Å². The average Bonchev–Trinajstić information content (AvgIpc) is 2.98. The van der Waals surface area contributed by atoms with Gasteiger partial charge in [0, 0.05) is 19.6 Å². The minimum atomic E-state index is -0.188. The lowest BCUT2D eigenvalue weighted by Crippen LogP contribution is -2.38. The number of carbonyl (C=O) groups excluding carboxylic acids is 2. The van der Waals surface area contributed by atoms with E-state index in [1.165, 1.54) is 16.0 Å². The lowest BCUT2D eigenvalue weighted by molar-refractivity contribution is 0.0652. The van der Waals surface area contributed by atoms with Crippen LogP contribution in [0.4, 0.5) is 0 Å². The lowest BCUT2D eigenvalue weighted by Gasteiger charge is -2.14. The summed E-state index contributed by atoms with van der Waals surface area (Å²) in [4.78, 5) is 30.7. The highest BCUT2D eigenvalue weighted by Crippen LogP contribution is 2.22. The molecule has 0 radical (unpaired) electrons. The minimum absolute atomic E-state index is 0. The Morgan fingerprint density at radius 2 is 1.57 bits per heavy atom. The summed E-state index contributed by atoms with van der Waals surface area (Å²) in [5, 5.41) is 6.56. The summed E-state index contributed by atoms with van der Waals surface area (Å²) < 4.78 is 0. The fourth-order valence-corrected chi connectivity index (χ4v) is 3.25. The summed E-state index contributed by atoms with van der Waals surface area (Å²) in [5.74, 6) is 0.395. The van der Waals surface area contributed by atoms with Crippen LogP contribution < -0.4 is 10.6 Å². The molecule has 0 aromatic heterocycles. The Morgan fingerprint density at radius 1 is 0.933 bits per heavy atom. The van der Waals surface area contributed by atoms with Gasteiger partial charge >= 0.3 is 0 Å². The van der Waals surface area contributed by atoms with Crippen LogP contribution in [0.5, 0.6) is 0 Å². The zero-order valence-corrected chi connectivity index (χ0v) is 19.8. The molecule has 0 unspecified atom stereocenters. The molecule has 0 saturated carbocycles. The lowest BCUT2D eigenvalue weighted by atomic mass is 10.1. The fraction of sp³-hybridized carbons (Fsp3) is 0.348. The van der Waals surface area contributed by atoms with Crippen LogP contribution in [0.15, 0.2) is 53.5 Å². The molecule has 3 rings (SSSR count). The van der Waals surface area contributed by atoms with Crippen LogP contribution in [0.3, 0.4) is 0 Å². The molecule has 2 aromatic carbocycles. The van der Waals surface area contributed by atoms with Crippen LogP contribution in [0, 0.1) is 6.92 Å². The molecule has 6 nitrogen and oxygen atoms in total. The standard InChI is InChI=1S/C23H28N4O2.HI/c1-3-24-23(26-16-18-12-10-17(2)11-13-18)25-14-6-7-15-27-21(28)19-8-4-5-9-20(19)22(27)29;/h4-5,8-13H,3,6-7,14-16H2,1-2H3,(H2,24,25,26);1H. The van der Waals surface area contributed by atoms with E-state index in [2.05, 4.69) is 46.8 Å². The first kappa shape index (κ1) is 23.9. The molecule has 0 spiro atoms. The Bertz CT molecular complexity index is 861. The number of halogens is 1. The topological polar surface area (TPSA) is 73.8 Å². The number of nitrogens with zero attached hydrogens (tertiary/aromatic N) is 2. The number of benzene rings is 2. The van der Waals surface area contributed by atoms with Crippen LogP contribution in [-0.2, 0) is 6.54 Å². The van der Waals surface area contributed by atoms with Crippen molar-refractivity contribution in [3.05, 3.63) is 70.8 Å². The molecule has 1 aliphatic rings. The van der Waals surface area contributed by atoms with Crippen molar-refractivity contribution in [3.63, 3.8) is 0 Å². The van der Waals surface area contributed by atoms with Crippen molar-refractivity contribution in [1.29, 1.82) is 0 Å². The van der Waals surface area contributed by atoms with Crippen molar-refractivity contribution in [2.24, 2.45) is 4.99 Å². The Labute approximate surface area is 195 Å². The van der Waals surface area contributed by atoms with Gasteiger partial charge in [-0.05, 0) is 44.4 Å². The third kappa shape index (κ3) is 6.04. The molecule has 1 aliphatic heterocycles. The van der Waals surface area contributed by atoms with E-state index in [4.69, 9.17) is 0 Å². The van der Waals surface area contributed by atoms with Crippen LogP contribution in [0.2, 0.25) is 0 Å². The molecule has 160 valence electrons. The third-order valence-electron chi connectivity index (χ3n) is 4.86. The van der Waals surface area contributed by atoms with Crippen molar-refractivity contribution < 1.29 is 9.59 Å². The minimum Gasteiger partial charge on any atom is -0.357 e. The number of unbranched alkanes of at least 4 members (excludes halogenated alkanes) is 1. The largest absolute Gasteiger partial charge is 0.357 e. The predicted molar refractivity (Wildman–Crippen MR) is 130 cm³/mol. The SMILES string of the molecule is CCNC(=NCc1ccc(C)cc1)NCCCCN1C(=O)c2ccccc2C1=O.I.